The van der Waals surface area contributed by atoms with Gasteiger partial charge in [-0.25, -0.2) is 4.79 Å². The van der Waals surface area contributed by atoms with E-state index in [1.54, 1.807) is 4.90 Å². The Labute approximate surface area is 125 Å². The van der Waals surface area contributed by atoms with Gasteiger partial charge in [-0.15, -0.1) is 0 Å². The van der Waals surface area contributed by atoms with Crippen LogP contribution in [0, 0.1) is 0 Å². The Morgan fingerprint density at radius 2 is 2.14 bits per heavy atom. The monoisotopic (exact) mass is 290 g/mol. The highest BCUT2D eigenvalue weighted by molar-refractivity contribution is 5.86. The first-order valence-corrected chi connectivity index (χ1v) is 7.47. The summed E-state index contributed by atoms with van der Waals surface area (Å²) >= 11 is 0. The standard InChI is InChI=1S/C16H22N2O3/c1-2-3-9-14-15(19)17-10-11-18(14)16(20)21-12-13-7-5-4-6-8-13/h4-8,14H,2-3,9-12H2,1H3,(H,17,19). The maximum absolute atomic E-state index is 12.2. The summed E-state index contributed by atoms with van der Waals surface area (Å²) in [6.45, 7) is 3.30. The molecule has 1 fully saturated rings. The second kappa shape index (κ2) is 7.67. The molecule has 21 heavy (non-hydrogen) atoms. The van der Waals surface area contributed by atoms with Crippen molar-refractivity contribution >= 4 is 12.0 Å². The van der Waals surface area contributed by atoms with Gasteiger partial charge in [0.1, 0.15) is 12.6 Å². The van der Waals surface area contributed by atoms with E-state index in [2.05, 4.69) is 12.2 Å². The van der Waals surface area contributed by atoms with Crippen molar-refractivity contribution in [1.29, 1.82) is 0 Å². The molecule has 1 heterocycles. The van der Waals surface area contributed by atoms with Crippen LogP contribution in [0.3, 0.4) is 0 Å². The van der Waals surface area contributed by atoms with E-state index in [1.165, 1.54) is 0 Å². The lowest BCUT2D eigenvalue weighted by Crippen LogP contribution is -2.57. The Morgan fingerprint density at radius 3 is 2.86 bits per heavy atom. The minimum Gasteiger partial charge on any atom is -0.445 e. The predicted octanol–water partition coefficient (Wildman–Crippen LogP) is 2.31. The van der Waals surface area contributed by atoms with Crippen molar-refractivity contribution in [2.24, 2.45) is 0 Å². The fraction of sp³-hybridized carbons (Fsp3) is 0.500. The summed E-state index contributed by atoms with van der Waals surface area (Å²) in [6.07, 6.45) is 2.19. The molecule has 1 N–H and O–H groups in total. The van der Waals surface area contributed by atoms with Crippen molar-refractivity contribution in [3.8, 4) is 0 Å². The summed E-state index contributed by atoms with van der Waals surface area (Å²) in [6, 6.07) is 9.14. The van der Waals surface area contributed by atoms with Crippen LogP contribution >= 0.6 is 0 Å². The molecular formula is C16H22N2O3. The molecule has 0 aromatic heterocycles. The maximum Gasteiger partial charge on any atom is 0.410 e. The van der Waals surface area contributed by atoms with Crippen LogP contribution in [0.1, 0.15) is 31.7 Å². The minimum absolute atomic E-state index is 0.0774. The zero-order valence-corrected chi connectivity index (χ0v) is 12.4. The van der Waals surface area contributed by atoms with Gasteiger partial charge in [0, 0.05) is 13.1 Å². The predicted molar refractivity (Wildman–Crippen MR) is 79.7 cm³/mol. The molecule has 0 spiro atoms. The molecule has 1 atom stereocenters. The number of hydrogen-bond acceptors (Lipinski definition) is 3. The van der Waals surface area contributed by atoms with Gasteiger partial charge in [-0.05, 0) is 12.0 Å². The molecule has 0 aliphatic carbocycles. The largest absolute Gasteiger partial charge is 0.445 e. The molecule has 0 radical (unpaired) electrons. The van der Waals surface area contributed by atoms with Crippen LogP contribution in [-0.4, -0.2) is 36.0 Å². The zero-order valence-electron chi connectivity index (χ0n) is 12.4. The molecule has 0 bridgehead atoms. The number of carbonyl (C=O) groups excluding carboxylic acids is 2. The van der Waals surface area contributed by atoms with Gasteiger partial charge in [0.05, 0.1) is 0 Å². The van der Waals surface area contributed by atoms with Gasteiger partial charge in [-0.3, -0.25) is 9.69 Å². The summed E-state index contributed by atoms with van der Waals surface area (Å²) in [4.78, 5) is 25.7. The summed E-state index contributed by atoms with van der Waals surface area (Å²) in [5.74, 6) is -0.0774. The van der Waals surface area contributed by atoms with Gasteiger partial charge in [0.2, 0.25) is 5.91 Å². The van der Waals surface area contributed by atoms with Crippen LogP contribution in [0.5, 0.6) is 0 Å². The van der Waals surface area contributed by atoms with E-state index in [1.807, 2.05) is 30.3 Å². The van der Waals surface area contributed by atoms with Crippen molar-refractivity contribution in [2.45, 2.75) is 38.8 Å². The van der Waals surface area contributed by atoms with Crippen LogP contribution in [0.4, 0.5) is 4.79 Å². The van der Waals surface area contributed by atoms with Gasteiger partial charge < -0.3 is 10.1 Å². The smallest absolute Gasteiger partial charge is 0.410 e. The second-order valence-corrected chi connectivity index (χ2v) is 5.18. The molecule has 1 aromatic rings. The van der Waals surface area contributed by atoms with Gasteiger partial charge in [-0.1, -0.05) is 50.1 Å². The molecule has 5 heteroatoms. The van der Waals surface area contributed by atoms with E-state index in [9.17, 15) is 9.59 Å². The fourth-order valence-corrected chi connectivity index (χ4v) is 2.42. The lowest BCUT2D eigenvalue weighted by molar-refractivity contribution is -0.128. The highest BCUT2D eigenvalue weighted by atomic mass is 16.6. The number of piperazine rings is 1. The summed E-state index contributed by atoms with van der Waals surface area (Å²) in [7, 11) is 0. The SMILES string of the molecule is CCCCC1C(=O)NCCN1C(=O)OCc1ccccc1. The number of hydrogen-bond donors (Lipinski definition) is 1. The zero-order chi connectivity index (χ0) is 15.1. The second-order valence-electron chi connectivity index (χ2n) is 5.18. The molecule has 5 nitrogen and oxygen atoms in total. The first kappa shape index (κ1) is 15.4. The number of unbranched alkanes of at least 4 members (excludes halogenated alkanes) is 1. The average molecular weight is 290 g/mol. The van der Waals surface area contributed by atoms with Crippen molar-refractivity contribution in [3.63, 3.8) is 0 Å². The number of nitrogens with zero attached hydrogens (tertiary/aromatic N) is 1. The average Bonchev–Trinajstić information content (AvgIpc) is 2.52. The van der Waals surface area contributed by atoms with Crippen LogP contribution in [0.15, 0.2) is 30.3 Å². The van der Waals surface area contributed by atoms with Gasteiger partial charge in [-0.2, -0.15) is 0 Å². The molecule has 1 aliphatic rings. The number of benzene rings is 1. The van der Waals surface area contributed by atoms with Gasteiger partial charge in [0.15, 0.2) is 0 Å². The van der Waals surface area contributed by atoms with Gasteiger partial charge >= 0.3 is 6.09 Å². The summed E-state index contributed by atoms with van der Waals surface area (Å²) < 4.78 is 5.33. The van der Waals surface area contributed by atoms with Gasteiger partial charge in [0.25, 0.3) is 0 Å². The minimum atomic E-state index is -0.408. The van der Waals surface area contributed by atoms with Crippen molar-refractivity contribution in [2.75, 3.05) is 13.1 Å². The highest BCUT2D eigenvalue weighted by Crippen LogP contribution is 2.14. The van der Waals surface area contributed by atoms with E-state index in [0.717, 1.165) is 18.4 Å². The lowest BCUT2D eigenvalue weighted by Gasteiger charge is -2.34. The summed E-state index contributed by atoms with van der Waals surface area (Å²) in [5, 5.41) is 2.81. The topological polar surface area (TPSA) is 58.6 Å². The van der Waals surface area contributed by atoms with Crippen molar-refractivity contribution in [3.05, 3.63) is 35.9 Å². The Hall–Kier alpha value is -2.04. The first-order valence-electron chi connectivity index (χ1n) is 7.47. The third kappa shape index (κ3) is 4.21. The number of nitrogens with one attached hydrogen (secondary N) is 1. The van der Waals surface area contributed by atoms with E-state index in [-0.39, 0.29) is 12.5 Å². The number of ether oxygens (including phenoxy) is 1. The van der Waals surface area contributed by atoms with Crippen LogP contribution in [0.2, 0.25) is 0 Å². The third-order valence-corrected chi connectivity index (χ3v) is 3.60. The lowest BCUT2D eigenvalue weighted by atomic mass is 10.1. The van der Waals surface area contributed by atoms with Crippen LogP contribution in [0.25, 0.3) is 0 Å². The Balaban J connectivity index is 1.93. The molecule has 1 aliphatic heterocycles. The molecule has 1 unspecified atom stereocenters. The van der Waals surface area contributed by atoms with Crippen molar-refractivity contribution < 1.29 is 14.3 Å². The quantitative estimate of drug-likeness (QED) is 0.905. The Kier molecular flexibility index (Phi) is 5.60. The molecule has 2 rings (SSSR count). The number of rotatable bonds is 5. The maximum atomic E-state index is 12.2. The molecular weight excluding hydrogens is 268 g/mol. The number of amides is 2. The van der Waals surface area contributed by atoms with Crippen molar-refractivity contribution in [1.82, 2.24) is 10.2 Å². The van der Waals surface area contributed by atoms with Crippen LogP contribution in [-0.2, 0) is 16.1 Å². The molecule has 1 saturated heterocycles. The molecule has 0 saturated carbocycles. The van der Waals surface area contributed by atoms with E-state index < -0.39 is 12.1 Å². The van der Waals surface area contributed by atoms with E-state index in [4.69, 9.17) is 4.74 Å². The highest BCUT2D eigenvalue weighted by Gasteiger charge is 2.33. The van der Waals surface area contributed by atoms with E-state index >= 15 is 0 Å². The molecule has 1 aromatic carbocycles. The molecule has 2 amide bonds. The normalized spacial score (nSPS) is 18.2. The Bertz CT molecular complexity index is 476. The third-order valence-electron chi connectivity index (χ3n) is 3.60. The Morgan fingerprint density at radius 1 is 1.38 bits per heavy atom. The summed E-state index contributed by atoms with van der Waals surface area (Å²) in [5.41, 5.74) is 0.942. The fourth-order valence-electron chi connectivity index (χ4n) is 2.42. The van der Waals surface area contributed by atoms with Crippen LogP contribution < -0.4 is 5.32 Å². The van der Waals surface area contributed by atoms with E-state index in [0.29, 0.717) is 19.5 Å². The number of carbonyl (C=O) groups is 2. The first-order chi connectivity index (χ1) is 10.2. The molecule has 114 valence electrons.